The molecule has 2 atom stereocenters. The van der Waals surface area contributed by atoms with E-state index in [0.717, 1.165) is 25.8 Å². The van der Waals surface area contributed by atoms with Gasteiger partial charge in [-0.3, -0.25) is 4.79 Å². The van der Waals surface area contributed by atoms with Crippen molar-refractivity contribution in [3.8, 4) is 0 Å². The number of rotatable bonds is 4. The third-order valence-corrected chi connectivity index (χ3v) is 3.38. The van der Waals surface area contributed by atoms with E-state index in [0.29, 0.717) is 6.42 Å². The Morgan fingerprint density at radius 2 is 2.19 bits per heavy atom. The van der Waals surface area contributed by atoms with Gasteiger partial charge in [0.2, 0.25) is 5.91 Å². The van der Waals surface area contributed by atoms with Gasteiger partial charge >= 0.3 is 0 Å². The van der Waals surface area contributed by atoms with Crippen LogP contribution in [0.25, 0.3) is 0 Å². The van der Waals surface area contributed by atoms with Crippen molar-refractivity contribution in [1.82, 2.24) is 4.90 Å². The van der Waals surface area contributed by atoms with Crippen LogP contribution in [0.3, 0.4) is 0 Å². The van der Waals surface area contributed by atoms with Gasteiger partial charge in [-0.05, 0) is 31.6 Å². The summed E-state index contributed by atoms with van der Waals surface area (Å²) in [6.45, 7) is 4.87. The molecule has 1 rings (SSSR count). The predicted octanol–water partition coefficient (Wildman–Crippen LogP) is 0.733. The minimum Gasteiger partial charge on any atom is -0.396 e. The Bertz CT molecular complexity index is 229. The molecule has 0 aliphatic carbocycles. The fourth-order valence-electron chi connectivity index (χ4n) is 2.22. The second-order valence-corrected chi connectivity index (χ2v) is 4.96. The number of aliphatic hydroxyl groups excluding tert-OH is 1. The average Bonchev–Trinajstić information content (AvgIpc) is 2.28. The molecule has 4 nitrogen and oxygen atoms in total. The van der Waals surface area contributed by atoms with Crippen LogP contribution in [0.4, 0.5) is 0 Å². The van der Waals surface area contributed by atoms with Crippen LogP contribution in [0.15, 0.2) is 0 Å². The third-order valence-electron chi connectivity index (χ3n) is 3.38. The van der Waals surface area contributed by atoms with Crippen LogP contribution in [0.1, 0.15) is 39.5 Å². The lowest BCUT2D eigenvalue weighted by Gasteiger charge is -2.37. The Morgan fingerprint density at radius 1 is 1.50 bits per heavy atom. The number of aliphatic hydroxyl groups is 1. The zero-order chi connectivity index (χ0) is 12.1. The maximum absolute atomic E-state index is 12.1. The van der Waals surface area contributed by atoms with Crippen LogP contribution in [0.2, 0.25) is 0 Å². The summed E-state index contributed by atoms with van der Waals surface area (Å²) in [5.74, 6) is 0.220. The number of nitrogens with two attached hydrogens (primary N) is 1. The number of hydrogen-bond acceptors (Lipinski definition) is 3. The third kappa shape index (κ3) is 3.19. The van der Waals surface area contributed by atoms with E-state index in [2.05, 4.69) is 0 Å². The number of carbonyl (C=O) groups is 1. The molecule has 0 spiro atoms. The summed E-state index contributed by atoms with van der Waals surface area (Å²) < 4.78 is 0. The van der Waals surface area contributed by atoms with E-state index >= 15 is 0 Å². The fraction of sp³-hybridized carbons (Fsp3) is 0.917. The highest BCUT2D eigenvalue weighted by molar-refractivity contribution is 5.82. The van der Waals surface area contributed by atoms with Crippen molar-refractivity contribution in [2.24, 2.45) is 11.7 Å². The lowest BCUT2D eigenvalue weighted by Crippen LogP contribution is -2.52. The summed E-state index contributed by atoms with van der Waals surface area (Å²) in [6.07, 6.45) is 3.87. The molecule has 94 valence electrons. The molecular weight excluding hydrogens is 204 g/mol. The first-order valence-corrected chi connectivity index (χ1v) is 6.24. The van der Waals surface area contributed by atoms with Crippen LogP contribution in [0, 0.1) is 5.92 Å². The van der Waals surface area contributed by atoms with Crippen LogP contribution < -0.4 is 5.73 Å². The van der Waals surface area contributed by atoms with E-state index in [9.17, 15) is 4.79 Å². The maximum Gasteiger partial charge on any atom is 0.239 e. The fourth-order valence-corrected chi connectivity index (χ4v) is 2.22. The van der Waals surface area contributed by atoms with Gasteiger partial charge in [-0.1, -0.05) is 13.8 Å². The van der Waals surface area contributed by atoms with Gasteiger partial charge in [-0.15, -0.1) is 0 Å². The van der Waals surface area contributed by atoms with Crippen molar-refractivity contribution in [3.05, 3.63) is 0 Å². The number of carbonyl (C=O) groups excluding carboxylic acids is 1. The largest absolute Gasteiger partial charge is 0.396 e. The number of hydrogen-bond donors (Lipinski definition) is 2. The average molecular weight is 228 g/mol. The molecule has 1 saturated heterocycles. The standard InChI is InChI=1S/C12H24N2O2/c1-9(2)11(13)12(16)14-7-4-3-5-10(14)6-8-15/h9-11,15H,3-8,13H2,1-2H3/t10?,11-/m0/s1. The molecule has 0 bridgehead atoms. The number of likely N-dealkylation sites (tertiary alicyclic amines) is 1. The first kappa shape index (κ1) is 13.5. The lowest BCUT2D eigenvalue weighted by atomic mass is 9.96. The summed E-state index contributed by atoms with van der Waals surface area (Å²) in [5, 5.41) is 9.00. The van der Waals surface area contributed by atoms with Crippen molar-refractivity contribution >= 4 is 5.91 Å². The Kier molecular flexibility index (Phi) is 5.22. The van der Waals surface area contributed by atoms with Crippen molar-refractivity contribution in [3.63, 3.8) is 0 Å². The highest BCUT2D eigenvalue weighted by Gasteiger charge is 2.30. The Morgan fingerprint density at radius 3 is 2.75 bits per heavy atom. The van der Waals surface area contributed by atoms with E-state index in [4.69, 9.17) is 10.8 Å². The predicted molar refractivity (Wildman–Crippen MR) is 63.9 cm³/mol. The van der Waals surface area contributed by atoms with Crippen LogP contribution in [0.5, 0.6) is 0 Å². The molecule has 0 aromatic heterocycles. The summed E-state index contributed by atoms with van der Waals surface area (Å²) in [5.41, 5.74) is 5.90. The molecule has 1 aliphatic rings. The van der Waals surface area contributed by atoms with Gasteiger partial charge < -0.3 is 15.7 Å². The summed E-state index contributed by atoms with van der Waals surface area (Å²) in [7, 11) is 0. The summed E-state index contributed by atoms with van der Waals surface area (Å²) >= 11 is 0. The molecule has 4 heteroatoms. The van der Waals surface area contributed by atoms with E-state index < -0.39 is 6.04 Å². The minimum absolute atomic E-state index is 0.0492. The Hall–Kier alpha value is -0.610. The molecule has 0 radical (unpaired) electrons. The molecule has 1 fully saturated rings. The van der Waals surface area contributed by atoms with E-state index in [1.807, 2.05) is 18.7 Å². The minimum atomic E-state index is -0.403. The Balaban J connectivity index is 2.63. The number of piperidine rings is 1. The first-order valence-electron chi connectivity index (χ1n) is 6.24. The van der Waals surface area contributed by atoms with E-state index in [1.54, 1.807) is 0 Å². The van der Waals surface area contributed by atoms with Gasteiger partial charge in [0.15, 0.2) is 0 Å². The normalized spacial score (nSPS) is 23.6. The van der Waals surface area contributed by atoms with Gasteiger partial charge in [0.05, 0.1) is 6.04 Å². The van der Waals surface area contributed by atoms with Gasteiger partial charge in [0.1, 0.15) is 0 Å². The second-order valence-electron chi connectivity index (χ2n) is 4.96. The van der Waals surface area contributed by atoms with Crippen molar-refractivity contribution in [1.29, 1.82) is 0 Å². The monoisotopic (exact) mass is 228 g/mol. The van der Waals surface area contributed by atoms with Gasteiger partial charge in [0, 0.05) is 19.2 Å². The van der Waals surface area contributed by atoms with Crippen molar-refractivity contribution in [2.75, 3.05) is 13.2 Å². The molecule has 0 aromatic rings. The molecule has 1 aliphatic heterocycles. The highest BCUT2D eigenvalue weighted by atomic mass is 16.3. The van der Waals surface area contributed by atoms with Crippen molar-refractivity contribution < 1.29 is 9.90 Å². The molecule has 1 amide bonds. The Labute approximate surface area is 97.8 Å². The molecular formula is C12H24N2O2. The lowest BCUT2D eigenvalue weighted by molar-refractivity contribution is -0.137. The maximum atomic E-state index is 12.1. The zero-order valence-corrected chi connectivity index (χ0v) is 10.4. The van der Waals surface area contributed by atoms with Gasteiger partial charge in [-0.25, -0.2) is 0 Å². The van der Waals surface area contributed by atoms with Crippen LogP contribution >= 0.6 is 0 Å². The summed E-state index contributed by atoms with van der Waals surface area (Å²) in [4.78, 5) is 14.0. The van der Waals surface area contributed by atoms with Gasteiger partial charge in [0.25, 0.3) is 0 Å². The van der Waals surface area contributed by atoms with Gasteiger partial charge in [-0.2, -0.15) is 0 Å². The molecule has 1 unspecified atom stereocenters. The molecule has 0 saturated carbocycles. The van der Waals surface area contributed by atoms with Crippen LogP contribution in [-0.4, -0.2) is 41.1 Å². The SMILES string of the molecule is CC(C)[C@H](N)C(=O)N1CCCCC1CCO. The number of nitrogens with zero attached hydrogens (tertiary/aromatic N) is 1. The molecule has 1 heterocycles. The van der Waals surface area contributed by atoms with Crippen molar-refractivity contribution in [2.45, 2.75) is 51.6 Å². The van der Waals surface area contributed by atoms with Crippen LogP contribution in [-0.2, 0) is 4.79 Å². The molecule has 16 heavy (non-hydrogen) atoms. The van der Waals surface area contributed by atoms with E-state index in [-0.39, 0.29) is 24.5 Å². The topological polar surface area (TPSA) is 66.6 Å². The zero-order valence-electron chi connectivity index (χ0n) is 10.4. The summed E-state index contributed by atoms with van der Waals surface area (Å²) in [6, 6.07) is -0.213. The molecule has 0 aromatic carbocycles. The smallest absolute Gasteiger partial charge is 0.239 e. The quantitative estimate of drug-likeness (QED) is 0.745. The van der Waals surface area contributed by atoms with E-state index in [1.165, 1.54) is 0 Å². The number of amides is 1. The second kappa shape index (κ2) is 6.21. The first-order chi connectivity index (χ1) is 7.57. The highest BCUT2D eigenvalue weighted by Crippen LogP contribution is 2.21. The molecule has 3 N–H and O–H groups in total.